The maximum Gasteiger partial charge on any atom is 0.265 e. The molecule has 0 saturated carbocycles. The predicted molar refractivity (Wildman–Crippen MR) is 114 cm³/mol. The van der Waals surface area contributed by atoms with Crippen molar-refractivity contribution in [1.29, 1.82) is 0 Å². The van der Waals surface area contributed by atoms with Crippen LogP contribution in [-0.4, -0.2) is 64.0 Å². The van der Waals surface area contributed by atoms with Crippen LogP contribution in [0.15, 0.2) is 47.4 Å². The molecule has 1 N–H and O–H groups in total. The van der Waals surface area contributed by atoms with E-state index in [0.717, 1.165) is 0 Å². The summed E-state index contributed by atoms with van der Waals surface area (Å²) in [7, 11) is -3.84. The highest BCUT2D eigenvalue weighted by Crippen LogP contribution is 2.32. The molecule has 0 bridgehead atoms. The summed E-state index contributed by atoms with van der Waals surface area (Å²) in [5.41, 5.74) is 0.760. The molecule has 2 aliphatic rings. The first-order valence-corrected chi connectivity index (χ1v) is 11.4. The molecule has 4 rings (SSSR count). The monoisotopic (exact) mass is 465 g/mol. The third-order valence-corrected chi connectivity index (χ3v) is 7.29. The summed E-state index contributed by atoms with van der Waals surface area (Å²) in [5.74, 6) is -0.317. The van der Waals surface area contributed by atoms with Crippen molar-refractivity contribution in [2.24, 2.45) is 0 Å². The van der Waals surface area contributed by atoms with Gasteiger partial charge in [-0.15, -0.1) is 0 Å². The molecule has 0 spiro atoms. The van der Waals surface area contributed by atoms with Crippen molar-refractivity contribution >= 4 is 44.8 Å². The van der Waals surface area contributed by atoms with Gasteiger partial charge in [0.25, 0.3) is 5.91 Å². The smallest absolute Gasteiger partial charge is 0.265 e. The van der Waals surface area contributed by atoms with Gasteiger partial charge < -0.3 is 14.8 Å². The summed E-state index contributed by atoms with van der Waals surface area (Å²) in [4.78, 5) is 26.1. The topological polar surface area (TPSA) is 105 Å². The zero-order chi connectivity index (χ0) is 22.0. The molecule has 0 aromatic heterocycles. The first-order chi connectivity index (χ1) is 14.9. The van der Waals surface area contributed by atoms with E-state index in [-0.39, 0.29) is 47.8 Å². The number of hydrogen-bond donors (Lipinski definition) is 1. The van der Waals surface area contributed by atoms with Crippen molar-refractivity contribution < 1.29 is 27.5 Å². The zero-order valence-corrected chi connectivity index (χ0v) is 18.0. The Balaban J connectivity index is 1.52. The predicted octanol–water partition coefficient (Wildman–Crippen LogP) is 1.72. The molecule has 164 valence electrons. The number of sulfonamides is 1. The number of ether oxygens (including phenoxy) is 2. The first kappa shape index (κ1) is 21.6. The minimum absolute atomic E-state index is 0.0572. The largest absolute Gasteiger partial charge is 0.482 e. The SMILES string of the molecule is O=C(CN1C(=O)COc2ccccc21)Nc1ccc(Cl)c(S(=O)(=O)N2CCOCC2)c1. The number of carbonyl (C=O) groups excluding carboxylic acids is 2. The van der Waals surface area contributed by atoms with Crippen molar-refractivity contribution in [3.63, 3.8) is 0 Å². The molecule has 11 heteroatoms. The van der Waals surface area contributed by atoms with Crippen LogP contribution < -0.4 is 15.0 Å². The fraction of sp³-hybridized carbons (Fsp3) is 0.300. The Morgan fingerprint density at radius 3 is 2.65 bits per heavy atom. The molecule has 0 aliphatic carbocycles. The Labute approximate surface area is 184 Å². The number of rotatable bonds is 5. The van der Waals surface area contributed by atoms with E-state index in [1.807, 2.05) is 0 Å². The van der Waals surface area contributed by atoms with E-state index in [1.165, 1.54) is 27.4 Å². The summed E-state index contributed by atoms with van der Waals surface area (Å²) in [6, 6.07) is 11.2. The van der Waals surface area contributed by atoms with Crippen molar-refractivity contribution in [2.75, 3.05) is 49.7 Å². The van der Waals surface area contributed by atoms with Gasteiger partial charge in [-0.05, 0) is 30.3 Å². The number of morpholine rings is 1. The lowest BCUT2D eigenvalue weighted by atomic mass is 10.2. The maximum atomic E-state index is 12.9. The van der Waals surface area contributed by atoms with E-state index in [1.54, 1.807) is 24.3 Å². The number of benzene rings is 2. The number of carbonyl (C=O) groups is 2. The summed E-state index contributed by atoms with van der Waals surface area (Å²) in [6.45, 7) is 0.673. The Kier molecular flexibility index (Phi) is 6.15. The Morgan fingerprint density at radius 2 is 1.87 bits per heavy atom. The zero-order valence-electron chi connectivity index (χ0n) is 16.4. The molecule has 2 amide bonds. The van der Waals surface area contributed by atoms with E-state index in [2.05, 4.69) is 5.32 Å². The number of nitrogens with one attached hydrogen (secondary N) is 1. The number of para-hydroxylation sites is 2. The van der Waals surface area contributed by atoms with Crippen LogP contribution in [0.25, 0.3) is 0 Å². The van der Waals surface area contributed by atoms with Crippen LogP contribution in [0.4, 0.5) is 11.4 Å². The molecule has 1 fully saturated rings. The first-order valence-electron chi connectivity index (χ1n) is 9.56. The van der Waals surface area contributed by atoms with Gasteiger partial charge in [0, 0.05) is 18.8 Å². The standard InChI is InChI=1S/C20H20ClN3O6S/c21-15-6-5-14(11-18(15)31(27,28)23-7-9-29-10-8-23)22-19(25)12-24-16-3-1-2-4-17(16)30-13-20(24)26/h1-6,11H,7-10,12-13H2,(H,22,25). The second-order valence-electron chi connectivity index (χ2n) is 6.95. The van der Waals surface area contributed by atoms with E-state index >= 15 is 0 Å². The Morgan fingerprint density at radius 1 is 1.13 bits per heavy atom. The van der Waals surface area contributed by atoms with E-state index < -0.39 is 15.9 Å². The van der Waals surface area contributed by atoms with Gasteiger partial charge in [-0.1, -0.05) is 23.7 Å². The highest BCUT2D eigenvalue weighted by Gasteiger charge is 2.30. The molecule has 9 nitrogen and oxygen atoms in total. The fourth-order valence-electron chi connectivity index (χ4n) is 3.38. The lowest BCUT2D eigenvalue weighted by molar-refractivity contribution is -0.123. The molecular weight excluding hydrogens is 446 g/mol. The van der Waals surface area contributed by atoms with Crippen LogP contribution >= 0.6 is 11.6 Å². The highest BCUT2D eigenvalue weighted by atomic mass is 35.5. The number of hydrogen-bond acceptors (Lipinski definition) is 6. The number of anilines is 2. The Bertz CT molecular complexity index is 1120. The van der Waals surface area contributed by atoms with Crippen LogP contribution in [0.3, 0.4) is 0 Å². The van der Waals surface area contributed by atoms with Gasteiger partial charge in [-0.3, -0.25) is 14.5 Å². The van der Waals surface area contributed by atoms with E-state index in [0.29, 0.717) is 24.7 Å². The van der Waals surface area contributed by atoms with Crippen molar-refractivity contribution in [3.8, 4) is 5.75 Å². The molecule has 1 saturated heterocycles. The lowest BCUT2D eigenvalue weighted by Crippen LogP contribution is -2.43. The average Bonchev–Trinajstić information content (AvgIpc) is 2.77. The number of nitrogens with zero attached hydrogens (tertiary/aromatic N) is 2. The summed E-state index contributed by atoms with van der Waals surface area (Å²) >= 11 is 6.15. The summed E-state index contributed by atoms with van der Waals surface area (Å²) in [6.07, 6.45) is 0. The number of fused-ring (bicyclic) bond motifs is 1. The van der Waals surface area contributed by atoms with Crippen molar-refractivity contribution in [2.45, 2.75) is 4.90 Å². The molecule has 2 heterocycles. The van der Waals surface area contributed by atoms with Gasteiger partial charge in [-0.2, -0.15) is 4.31 Å². The molecule has 2 aromatic rings. The number of amides is 2. The summed E-state index contributed by atoms with van der Waals surface area (Å²) in [5, 5.41) is 2.70. The van der Waals surface area contributed by atoms with Crippen molar-refractivity contribution in [3.05, 3.63) is 47.5 Å². The fourth-order valence-corrected chi connectivity index (χ4v) is 5.28. The second-order valence-corrected chi connectivity index (χ2v) is 9.26. The molecule has 31 heavy (non-hydrogen) atoms. The average molecular weight is 466 g/mol. The second kappa shape index (κ2) is 8.83. The van der Waals surface area contributed by atoms with Gasteiger partial charge >= 0.3 is 0 Å². The minimum atomic E-state index is -3.84. The van der Waals surface area contributed by atoms with Crippen LogP contribution in [0.5, 0.6) is 5.75 Å². The maximum absolute atomic E-state index is 12.9. The third kappa shape index (κ3) is 4.52. The van der Waals surface area contributed by atoms with E-state index in [9.17, 15) is 18.0 Å². The normalized spacial score (nSPS) is 17.1. The van der Waals surface area contributed by atoms with Crippen molar-refractivity contribution in [1.82, 2.24) is 4.31 Å². The van der Waals surface area contributed by atoms with Gasteiger partial charge in [0.2, 0.25) is 15.9 Å². The Hall–Kier alpha value is -2.66. The van der Waals surface area contributed by atoms with Crippen LogP contribution in [0.2, 0.25) is 5.02 Å². The third-order valence-electron chi connectivity index (χ3n) is 4.91. The minimum Gasteiger partial charge on any atom is -0.482 e. The van der Waals surface area contributed by atoms with E-state index in [4.69, 9.17) is 21.1 Å². The van der Waals surface area contributed by atoms with Gasteiger partial charge in [0.1, 0.15) is 17.2 Å². The lowest BCUT2D eigenvalue weighted by Gasteiger charge is -2.28. The number of halogens is 1. The molecule has 0 radical (unpaired) electrons. The van der Waals surface area contributed by atoms with Crippen LogP contribution in [-0.2, 0) is 24.3 Å². The van der Waals surface area contributed by atoms with Gasteiger partial charge in [0.15, 0.2) is 6.61 Å². The van der Waals surface area contributed by atoms with Gasteiger partial charge in [-0.25, -0.2) is 8.42 Å². The van der Waals surface area contributed by atoms with Gasteiger partial charge in [0.05, 0.1) is 23.9 Å². The quantitative estimate of drug-likeness (QED) is 0.721. The van der Waals surface area contributed by atoms with Crippen LogP contribution in [0.1, 0.15) is 0 Å². The van der Waals surface area contributed by atoms with Crippen LogP contribution in [0, 0.1) is 0 Å². The summed E-state index contributed by atoms with van der Waals surface area (Å²) < 4.78 is 37.8. The molecular formula is C20H20ClN3O6S. The molecule has 0 atom stereocenters. The highest BCUT2D eigenvalue weighted by molar-refractivity contribution is 7.89. The molecule has 2 aliphatic heterocycles. The molecule has 0 unspecified atom stereocenters. The molecule has 2 aromatic carbocycles.